The second-order valence-electron chi connectivity index (χ2n) is 8.26. The number of hydrogen-bond donors (Lipinski definition) is 2. The molecule has 2 aliphatic rings. The summed E-state index contributed by atoms with van der Waals surface area (Å²) in [5.41, 5.74) is 3.47. The van der Waals surface area contributed by atoms with Crippen molar-refractivity contribution in [2.75, 3.05) is 0 Å². The molecule has 0 saturated heterocycles. The van der Waals surface area contributed by atoms with Crippen LogP contribution < -0.4 is 21.1 Å². The summed E-state index contributed by atoms with van der Waals surface area (Å²) in [4.78, 5) is 23.2. The third-order valence-corrected chi connectivity index (χ3v) is 5.58. The van der Waals surface area contributed by atoms with Crippen LogP contribution in [0.15, 0.2) is 41.6 Å². The number of carbonyl (C=O) groups excluding carboxylic acids is 1. The Balaban J connectivity index is 1.66. The van der Waals surface area contributed by atoms with Gasteiger partial charge in [0.25, 0.3) is 0 Å². The minimum atomic E-state index is -0.759. The first-order chi connectivity index (χ1) is 13.4. The standard InChI is InChI=1S/C23H25N3O2/c1-14-4-9-19(23(2,3)26-28)12-20(14)17-8-7-16-11-21(24-13-18(16)10-17)25-22(27)15-5-6-15/h4,7-13,15,21,24H,5-6H2,1-3H3,(H,25,27). The van der Waals surface area contributed by atoms with Gasteiger partial charge in [-0.15, -0.1) is 4.91 Å². The lowest BCUT2D eigenvalue weighted by molar-refractivity contribution is -0.122. The highest BCUT2D eigenvalue weighted by Crippen LogP contribution is 2.31. The van der Waals surface area contributed by atoms with Gasteiger partial charge in [-0.2, -0.15) is 0 Å². The monoisotopic (exact) mass is 375 g/mol. The van der Waals surface area contributed by atoms with Crippen LogP contribution in [0.5, 0.6) is 0 Å². The van der Waals surface area contributed by atoms with Crippen molar-refractivity contribution in [1.82, 2.24) is 10.6 Å². The highest BCUT2D eigenvalue weighted by atomic mass is 16.3. The van der Waals surface area contributed by atoms with Crippen LogP contribution in [-0.2, 0) is 10.3 Å². The number of aryl methyl sites for hydroxylation is 1. The Hall–Kier alpha value is -2.95. The Labute approximate surface area is 164 Å². The highest BCUT2D eigenvalue weighted by molar-refractivity contribution is 5.82. The lowest BCUT2D eigenvalue weighted by Crippen LogP contribution is -2.48. The molecule has 5 nitrogen and oxygen atoms in total. The normalized spacial score (nSPS) is 18.2. The number of fused-ring (bicyclic) bond motifs is 1. The number of amides is 1. The molecule has 144 valence electrons. The summed E-state index contributed by atoms with van der Waals surface area (Å²) < 4.78 is 0. The number of rotatable bonds is 5. The Morgan fingerprint density at radius 2 is 1.93 bits per heavy atom. The molecule has 1 aliphatic heterocycles. The largest absolute Gasteiger partial charge is 0.368 e. The van der Waals surface area contributed by atoms with Crippen LogP contribution in [0.2, 0.25) is 0 Å². The van der Waals surface area contributed by atoms with E-state index in [-0.39, 0.29) is 18.0 Å². The van der Waals surface area contributed by atoms with Crippen molar-refractivity contribution in [1.29, 1.82) is 0 Å². The molecule has 1 aliphatic carbocycles. The summed E-state index contributed by atoms with van der Waals surface area (Å²) >= 11 is 0. The maximum absolute atomic E-state index is 12.0. The van der Waals surface area contributed by atoms with Gasteiger partial charge in [0, 0.05) is 12.1 Å². The topological polar surface area (TPSA) is 70.6 Å². The van der Waals surface area contributed by atoms with E-state index in [4.69, 9.17) is 0 Å². The van der Waals surface area contributed by atoms with Crippen molar-refractivity contribution in [3.63, 3.8) is 0 Å². The van der Waals surface area contributed by atoms with Crippen molar-refractivity contribution >= 4 is 18.2 Å². The molecular formula is C23H25N3O2. The van der Waals surface area contributed by atoms with E-state index in [1.165, 1.54) is 0 Å². The lowest BCUT2D eigenvalue weighted by Gasteiger charge is -2.20. The highest BCUT2D eigenvalue weighted by Gasteiger charge is 2.30. The molecule has 5 heteroatoms. The number of nitrogens with one attached hydrogen (secondary N) is 2. The molecular weight excluding hydrogens is 350 g/mol. The fourth-order valence-electron chi connectivity index (χ4n) is 3.49. The van der Waals surface area contributed by atoms with Crippen molar-refractivity contribution in [3.05, 3.63) is 62.9 Å². The molecule has 0 bridgehead atoms. The predicted molar refractivity (Wildman–Crippen MR) is 111 cm³/mol. The second kappa shape index (κ2) is 6.89. The van der Waals surface area contributed by atoms with E-state index in [0.717, 1.165) is 45.5 Å². The summed E-state index contributed by atoms with van der Waals surface area (Å²) in [5.74, 6) is 0.320. The summed E-state index contributed by atoms with van der Waals surface area (Å²) in [6, 6.07) is 12.3. The van der Waals surface area contributed by atoms with Crippen LogP contribution in [0.4, 0.5) is 0 Å². The van der Waals surface area contributed by atoms with E-state index in [1.54, 1.807) is 0 Å². The Bertz CT molecular complexity index is 1070. The first kappa shape index (κ1) is 18.4. The molecule has 0 radical (unpaired) electrons. The fraction of sp³-hybridized carbons (Fsp3) is 0.348. The first-order valence-corrected chi connectivity index (χ1v) is 9.72. The van der Waals surface area contributed by atoms with Crippen LogP contribution in [0, 0.1) is 17.7 Å². The summed E-state index contributed by atoms with van der Waals surface area (Å²) in [7, 11) is 0. The zero-order valence-corrected chi connectivity index (χ0v) is 16.5. The van der Waals surface area contributed by atoms with Crippen molar-refractivity contribution in [3.8, 4) is 11.1 Å². The fourth-order valence-corrected chi connectivity index (χ4v) is 3.49. The maximum Gasteiger partial charge on any atom is 0.224 e. The molecule has 0 aromatic heterocycles. The molecule has 28 heavy (non-hydrogen) atoms. The van der Waals surface area contributed by atoms with Crippen LogP contribution >= 0.6 is 0 Å². The van der Waals surface area contributed by atoms with Gasteiger partial charge in [-0.1, -0.05) is 29.4 Å². The van der Waals surface area contributed by atoms with Crippen LogP contribution in [-0.4, -0.2) is 12.1 Å². The van der Waals surface area contributed by atoms with Gasteiger partial charge in [0.1, 0.15) is 11.7 Å². The number of hydrogen-bond acceptors (Lipinski definition) is 4. The van der Waals surface area contributed by atoms with Crippen molar-refractivity contribution in [2.24, 2.45) is 11.1 Å². The number of nitroso groups, excluding NO2 is 1. The molecule has 2 aromatic carbocycles. The summed E-state index contributed by atoms with van der Waals surface area (Å²) in [6.07, 6.45) is 5.82. The third kappa shape index (κ3) is 3.57. The van der Waals surface area contributed by atoms with Gasteiger partial charge in [0.05, 0.1) is 0 Å². The second-order valence-corrected chi connectivity index (χ2v) is 8.26. The molecule has 4 rings (SSSR count). The molecule has 0 spiro atoms. The van der Waals surface area contributed by atoms with Crippen molar-refractivity contribution in [2.45, 2.75) is 45.3 Å². The molecule has 1 saturated carbocycles. The number of carbonyl (C=O) groups is 1. The van der Waals surface area contributed by atoms with Crippen LogP contribution in [0.1, 0.15) is 37.8 Å². The van der Waals surface area contributed by atoms with Crippen molar-refractivity contribution < 1.29 is 4.79 Å². The molecule has 1 amide bonds. The van der Waals surface area contributed by atoms with E-state index in [9.17, 15) is 9.70 Å². The average Bonchev–Trinajstić information content (AvgIpc) is 3.53. The Kier molecular flexibility index (Phi) is 4.53. The molecule has 2 aromatic rings. The van der Waals surface area contributed by atoms with Gasteiger partial charge < -0.3 is 10.6 Å². The average molecular weight is 375 g/mol. The smallest absolute Gasteiger partial charge is 0.224 e. The molecule has 1 atom stereocenters. The van der Waals surface area contributed by atoms with E-state index in [0.29, 0.717) is 0 Å². The number of benzene rings is 2. The van der Waals surface area contributed by atoms with E-state index in [1.807, 2.05) is 38.3 Å². The minimum Gasteiger partial charge on any atom is -0.368 e. The predicted octanol–water partition coefficient (Wildman–Crippen LogP) is 2.64. The Morgan fingerprint density at radius 1 is 1.14 bits per heavy atom. The SMILES string of the molecule is Cc1ccc(C(C)(C)N=O)cc1-c1ccc2c(c1)=CNC(NC(=O)C1CC1)C=2. The first-order valence-electron chi connectivity index (χ1n) is 9.72. The van der Waals surface area contributed by atoms with E-state index < -0.39 is 5.54 Å². The zero-order valence-electron chi connectivity index (χ0n) is 16.5. The van der Waals surface area contributed by atoms with Gasteiger partial charge >= 0.3 is 0 Å². The summed E-state index contributed by atoms with van der Waals surface area (Å²) in [6.45, 7) is 5.71. The maximum atomic E-state index is 12.0. The Morgan fingerprint density at radius 3 is 2.64 bits per heavy atom. The molecule has 1 fully saturated rings. The summed E-state index contributed by atoms with van der Waals surface area (Å²) in [5, 5.41) is 11.7. The van der Waals surface area contributed by atoms with Gasteiger partial charge in [0.15, 0.2) is 0 Å². The van der Waals surface area contributed by atoms with Gasteiger partial charge in [0.2, 0.25) is 5.91 Å². The van der Waals surface area contributed by atoms with Gasteiger partial charge in [-0.25, -0.2) is 0 Å². The van der Waals surface area contributed by atoms with Crippen LogP contribution in [0.3, 0.4) is 0 Å². The van der Waals surface area contributed by atoms with E-state index >= 15 is 0 Å². The minimum absolute atomic E-state index is 0.126. The third-order valence-electron chi connectivity index (χ3n) is 5.58. The number of nitrogens with zero attached hydrogens (tertiary/aromatic N) is 1. The van der Waals surface area contributed by atoms with Gasteiger partial charge in [-0.3, -0.25) is 4.79 Å². The lowest BCUT2D eigenvalue weighted by atomic mass is 9.89. The molecule has 2 N–H and O–H groups in total. The quantitative estimate of drug-likeness (QED) is 0.790. The zero-order chi connectivity index (χ0) is 19.9. The van der Waals surface area contributed by atoms with Gasteiger partial charge in [-0.05, 0) is 84.5 Å². The van der Waals surface area contributed by atoms with E-state index in [2.05, 4.69) is 47.0 Å². The molecule has 1 unspecified atom stereocenters. The molecule has 1 heterocycles. The van der Waals surface area contributed by atoms with Crippen LogP contribution in [0.25, 0.3) is 23.4 Å².